The average molecular weight is 407 g/mol. The number of carbonyl (C=O) groups excluding carboxylic acids is 1. The van der Waals surface area contributed by atoms with E-state index in [-0.39, 0.29) is 17.1 Å². The van der Waals surface area contributed by atoms with Crippen LogP contribution in [0.3, 0.4) is 0 Å². The van der Waals surface area contributed by atoms with Crippen LogP contribution in [-0.2, 0) is 0 Å². The molecule has 156 valence electrons. The molecule has 0 spiro atoms. The molecule has 1 unspecified atom stereocenters. The predicted molar refractivity (Wildman–Crippen MR) is 115 cm³/mol. The second kappa shape index (κ2) is 7.86. The Balaban J connectivity index is 1.95. The second-order valence-electron chi connectivity index (χ2n) is 7.42. The van der Waals surface area contributed by atoms with E-state index in [1.807, 2.05) is 51.1 Å². The molecular weight excluding hydrogens is 382 g/mol. The van der Waals surface area contributed by atoms with Crippen molar-refractivity contribution in [3.8, 4) is 11.5 Å². The Morgan fingerprint density at radius 3 is 2.57 bits per heavy atom. The molecular formula is C24H25NO5. The quantitative estimate of drug-likeness (QED) is 0.603. The molecule has 1 aromatic heterocycles. The van der Waals surface area contributed by atoms with Crippen molar-refractivity contribution in [3.05, 3.63) is 69.1 Å². The average Bonchev–Trinajstić information content (AvgIpc) is 3.02. The van der Waals surface area contributed by atoms with Crippen LogP contribution in [0.25, 0.3) is 11.0 Å². The first-order valence-electron chi connectivity index (χ1n) is 10.2. The number of carbonyl (C=O) groups is 1. The van der Waals surface area contributed by atoms with Crippen molar-refractivity contribution in [1.29, 1.82) is 0 Å². The molecule has 1 aliphatic heterocycles. The van der Waals surface area contributed by atoms with Gasteiger partial charge in [0.05, 0.1) is 30.7 Å². The summed E-state index contributed by atoms with van der Waals surface area (Å²) in [5.41, 5.74) is 2.40. The van der Waals surface area contributed by atoms with Crippen molar-refractivity contribution >= 4 is 16.9 Å². The minimum absolute atomic E-state index is 0.127. The molecule has 0 bridgehead atoms. The molecule has 2 heterocycles. The maximum absolute atomic E-state index is 13.5. The summed E-state index contributed by atoms with van der Waals surface area (Å²) in [6, 6.07) is 10.4. The Morgan fingerprint density at radius 1 is 1.07 bits per heavy atom. The van der Waals surface area contributed by atoms with Crippen molar-refractivity contribution in [2.75, 3.05) is 20.3 Å². The molecule has 30 heavy (non-hydrogen) atoms. The van der Waals surface area contributed by atoms with Crippen LogP contribution in [0.4, 0.5) is 0 Å². The van der Waals surface area contributed by atoms with Gasteiger partial charge >= 0.3 is 0 Å². The topological polar surface area (TPSA) is 69.0 Å². The lowest BCUT2D eigenvalue weighted by molar-refractivity contribution is 0.0728. The van der Waals surface area contributed by atoms with Gasteiger partial charge in [-0.2, -0.15) is 0 Å². The third-order valence-corrected chi connectivity index (χ3v) is 5.39. The molecule has 0 radical (unpaired) electrons. The highest BCUT2D eigenvalue weighted by Gasteiger charge is 2.42. The molecule has 4 rings (SSSR count). The highest BCUT2D eigenvalue weighted by molar-refractivity contribution is 5.99. The molecule has 1 amide bonds. The first-order valence-corrected chi connectivity index (χ1v) is 10.2. The fourth-order valence-corrected chi connectivity index (χ4v) is 4.08. The van der Waals surface area contributed by atoms with Crippen LogP contribution in [0.2, 0.25) is 0 Å². The lowest BCUT2D eigenvalue weighted by atomic mass is 9.97. The van der Waals surface area contributed by atoms with E-state index in [0.717, 1.165) is 17.5 Å². The fraction of sp³-hybridized carbons (Fsp3) is 0.333. The van der Waals surface area contributed by atoms with Gasteiger partial charge in [-0.25, -0.2) is 0 Å². The van der Waals surface area contributed by atoms with Crippen molar-refractivity contribution in [1.82, 2.24) is 4.90 Å². The Hall–Kier alpha value is -3.28. The van der Waals surface area contributed by atoms with Gasteiger partial charge in [-0.1, -0.05) is 24.6 Å². The summed E-state index contributed by atoms with van der Waals surface area (Å²) in [6.07, 6.45) is 0.761. The summed E-state index contributed by atoms with van der Waals surface area (Å²) in [5, 5.41) is 0.489. The van der Waals surface area contributed by atoms with Crippen LogP contribution in [0.15, 0.2) is 45.6 Å². The van der Waals surface area contributed by atoms with E-state index in [4.69, 9.17) is 13.9 Å². The van der Waals surface area contributed by atoms with Crippen molar-refractivity contribution in [3.63, 3.8) is 0 Å². The van der Waals surface area contributed by atoms with E-state index >= 15 is 0 Å². The maximum Gasteiger partial charge on any atom is 0.290 e. The van der Waals surface area contributed by atoms with E-state index in [9.17, 15) is 9.59 Å². The lowest BCUT2D eigenvalue weighted by Gasteiger charge is -2.25. The SMILES string of the molecule is CCCN1C(=O)c2oc3ccc(C)cc3c(=O)c2C1c1ccc(OCC)c(OC)c1. The smallest absolute Gasteiger partial charge is 0.290 e. The van der Waals surface area contributed by atoms with E-state index in [2.05, 4.69) is 0 Å². The number of fused-ring (bicyclic) bond motifs is 2. The molecule has 0 saturated carbocycles. The predicted octanol–water partition coefficient (Wildman–Crippen LogP) is 4.46. The van der Waals surface area contributed by atoms with Gasteiger partial charge in [-0.05, 0) is 50.1 Å². The van der Waals surface area contributed by atoms with Gasteiger partial charge in [0.25, 0.3) is 5.91 Å². The molecule has 0 aliphatic carbocycles. The Bertz CT molecular complexity index is 1180. The normalized spacial score (nSPS) is 15.5. The van der Waals surface area contributed by atoms with Crippen molar-refractivity contribution in [2.45, 2.75) is 33.2 Å². The first-order chi connectivity index (χ1) is 14.5. The van der Waals surface area contributed by atoms with Crippen LogP contribution in [-0.4, -0.2) is 31.1 Å². The zero-order chi connectivity index (χ0) is 21.4. The summed E-state index contributed by atoms with van der Waals surface area (Å²) < 4.78 is 17.1. The summed E-state index contributed by atoms with van der Waals surface area (Å²) in [5.74, 6) is 1.05. The molecule has 6 nitrogen and oxygen atoms in total. The number of ether oxygens (including phenoxy) is 2. The minimum atomic E-state index is -0.529. The van der Waals surface area contributed by atoms with Crippen molar-refractivity contribution in [2.24, 2.45) is 0 Å². The molecule has 6 heteroatoms. The largest absolute Gasteiger partial charge is 0.493 e. The summed E-state index contributed by atoms with van der Waals surface area (Å²) in [6.45, 7) is 6.85. The van der Waals surface area contributed by atoms with Gasteiger partial charge in [0.1, 0.15) is 5.58 Å². The van der Waals surface area contributed by atoms with Crippen molar-refractivity contribution < 1.29 is 18.7 Å². The fourth-order valence-electron chi connectivity index (χ4n) is 4.08. The lowest BCUT2D eigenvalue weighted by Crippen LogP contribution is -2.30. The van der Waals surface area contributed by atoms with Crippen LogP contribution in [0.1, 0.15) is 53.6 Å². The Labute approximate surface area is 175 Å². The number of amides is 1. The Morgan fingerprint density at radius 2 is 1.87 bits per heavy atom. The molecule has 0 N–H and O–H groups in total. The number of hydrogen-bond donors (Lipinski definition) is 0. The molecule has 1 aliphatic rings. The molecule has 1 atom stereocenters. The standard InChI is InChI=1S/C24H25NO5/c1-5-11-25-21(15-8-10-18(29-6-2)19(13-15)28-4)20-22(26)16-12-14(3)7-9-17(16)30-23(20)24(25)27/h7-10,12-13,21H,5-6,11H2,1-4H3. The van der Waals surface area contributed by atoms with Crippen LogP contribution < -0.4 is 14.9 Å². The Kier molecular flexibility index (Phi) is 5.24. The van der Waals surface area contributed by atoms with Gasteiger partial charge in [0, 0.05) is 6.54 Å². The molecule has 0 saturated heterocycles. The van der Waals surface area contributed by atoms with Gasteiger partial charge in [-0.3, -0.25) is 9.59 Å². The molecule has 2 aromatic carbocycles. The third kappa shape index (κ3) is 3.12. The highest BCUT2D eigenvalue weighted by Crippen LogP contribution is 2.41. The third-order valence-electron chi connectivity index (χ3n) is 5.39. The van der Waals surface area contributed by atoms with E-state index in [0.29, 0.717) is 41.2 Å². The van der Waals surface area contributed by atoms with Gasteiger partial charge in [0.2, 0.25) is 5.76 Å². The maximum atomic E-state index is 13.5. The van der Waals surface area contributed by atoms with Crippen LogP contribution >= 0.6 is 0 Å². The molecule has 3 aromatic rings. The zero-order valence-corrected chi connectivity index (χ0v) is 17.7. The first kappa shape index (κ1) is 20.0. The minimum Gasteiger partial charge on any atom is -0.493 e. The number of rotatable bonds is 6. The monoisotopic (exact) mass is 407 g/mol. The zero-order valence-electron chi connectivity index (χ0n) is 17.7. The van der Waals surface area contributed by atoms with Gasteiger partial charge in [-0.15, -0.1) is 0 Å². The molecule has 0 fully saturated rings. The summed E-state index contributed by atoms with van der Waals surface area (Å²) in [4.78, 5) is 28.4. The van der Waals surface area contributed by atoms with E-state index in [1.54, 1.807) is 18.1 Å². The number of nitrogens with zero attached hydrogens (tertiary/aromatic N) is 1. The van der Waals surface area contributed by atoms with Crippen LogP contribution in [0.5, 0.6) is 11.5 Å². The summed E-state index contributed by atoms with van der Waals surface area (Å²) >= 11 is 0. The van der Waals surface area contributed by atoms with E-state index in [1.165, 1.54) is 0 Å². The number of benzene rings is 2. The number of aryl methyl sites for hydroxylation is 1. The highest BCUT2D eigenvalue weighted by atomic mass is 16.5. The van der Waals surface area contributed by atoms with Gasteiger partial charge in [0.15, 0.2) is 16.9 Å². The summed E-state index contributed by atoms with van der Waals surface area (Å²) in [7, 11) is 1.57. The number of methoxy groups -OCH3 is 1. The van der Waals surface area contributed by atoms with Crippen LogP contribution in [0, 0.1) is 6.92 Å². The number of hydrogen-bond acceptors (Lipinski definition) is 5. The van der Waals surface area contributed by atoms with Gasteiger partial charge < -0.3 is 18.8 Å². The second-order valence-corrected chi connectivity index (χ2v) is 7.42. The van der Waals surface area contributed by atoms with E-state index < -0.39 is 6.04 Å².